The van der Waals surface area contributed by atoms with E-state index in [1.807, 2.05) is 0 Å². The highest BCUT2D eigenvalue weighted by Gasteiger charge is 2.19. The zero-order valence-electron chi connectivity index (χ0n) is 8.75. The molecule has 1 aromatic carbocycles. The maximum Gasteiger partial charge on any atom is 0.226 e. The molecule has 18 heavy (non-hydrogen) atoms. The van der Waals surface area contributed by atoms with Crippen molar-refractivity contribution in [3.63, 3.8) is 0 Å². The number of carbonyl (C=O) groups is 1. The van der Waals surface area contributed by atoms with Gasteiger partial charge in [0.25, 0.3) is 0 Å². The molecule has 0 aliphatic rings. The Morgan fingerprint density at radius 3 is 2.33 bits per heavy atom. The Morgan fingerprint density at radius 2 is 1.72 bits per heavy atom. The summed E-state index contributed by atoms with van der Waals surface area (Å²) in [6, 6.07) is 5.09. The Kier molecular flexibility index (Phi) is 3.34. The monoisotopic (exact) mass is 271 g/mol. The highest BCUT2D eigenvalue weighted by molar-refractivity contribution is 6.30. The second-order valence-corrected chi connectivity index (χ2v) is 3.86. The van der Waals surface area contributed by atoms with E-state index in [4.69, 9.17) is 11.6 Å². The average Bonchev–Trinajstić information content (AvgIpc) is 2.28. The number of hydrogen-bond donors (Lipinski definition) is 0. The molecule has 0 saturated carbocycles. The van der Waals surface area contributed by atoms with E-state index in [9.17, 15) is 18.0 Å². The van der Waals surface area contributed by atoms with E-state index in [2.05, 4.69) is 4.98 Å². The van der Waals surface area contributed by atoms with E-state index in [-0.39, 0.29) is 10.6 Å². The minimum atomic E-state index is -1.28. The van der Waals surface area contributed by atoms with E-state index < -0.39 is 29.1 Å². The molecule has 0 bridgehead atoms. The number of nitrogens with zero attached hydrogens (tertiary/aromatic N) is 1. The van der Waals surface area contributed by atoms with Gasteiger partial charge in [0.2, 0.25) is 17.7 Å². The molecule has 0 radical (unpaired) electrons. The standard InChI is InChI=1S/C12H5ClF3NO/c13-6-1-2-7(9(14)5-6)11(18)8-3-4-10(15)17-12(8)16/h1-5H. The zero-order chi connectivity index (χ0) is 13.3. The van der Waals surface area contributed by atoms with Crippen molar-refractivity contribution in [1.82, 2.24) is 4.98 Å². The quantitative estimate of drug-likeness (QED) is 0.619. The number of pyridine rings is 1. The zero-order valence-corrected chi connectivity index (χ0v) is 9.51. The molecule has 0 N–H and O–H groups in total. The van der Waals surface area contributed by atoms with Crippen LogP contribution in [0.15, 0.2) is 30.3 Å². The Morgan fingerprint density at radius 1 is 1.06 bits per heavy atom. The van der Waals surface area contributed by atoms with Crippen LogP contribution in [0.5, 0.6) is 0 Å². The molecule has 0 fully saturated rings. The van der Waals surface area contributed by atoms with Gasteiger partial charge in [-0.3, -0.25) is 4.79 Å². The highest BCUT2D eigenvalue weighted by atomic mass is 35.5. The van der Waals surface area contributed by atoms with Crippen molar-refractivity contribution in [2.45, 2.75) is 0 Å². The largest absolute Gasteiger partial charge is 0.288 e. The number of halogens is 4. The van der Waals surface area contributed by atoms with Crippen LogP contribution in [0, 0.1) is 17.7 Å². The van der Waals surface area contributed by atoms with Crippen LogP contribution in [-0.2, 0) is 0 Å². The normalized spacial score (nSPS) is 10.4. The Bertz CT molecular complexity index is 577. The predicted octanol–water partition coefficient (Wildman–Crippen LogP) is 3.38. The first-order chi connectivity index (χ1) is 8.49. The summed E-state index contributed by atoms with van der Waals surface area (Å²) < 4.78 is 39.3. The fourth-order valence-corrected chi connectivity index (χ4v) is 1.56. The van der Waals surface area contributed by atoms with Gasteiger partial charge in [0.1, 0.15) is 5.82 Å². The lowest BCUT2D eigenvalue weighted by Gasteiger charge is -2.03. The molecule has 0 saturated heterocycles. The van der Waals surface area contributed by atoms with Gasteiger partial charge in [0, 0.05) is 5.02 Å². The van der Waals surface area contributed by atoms with Crippen molar-refractivity contribution in [1.29, 1.82) is 0 Å². The third-order valence-electron chi connectivity index (χ3n) is 2.24. The fourth-order valence-electron chi connectivity index (χ4n) is 1.40. The van der Waals surface area contributed by atoms with Gasteiger partial charge in [-0.05, 0) is 30.3 Å². The van der Waals surface area contributed by atoms with Crippen molar-refractivity contribution < 1.29 is 18.0 Å². The van der Waals surface area contributed by atoms with Crippen LogP contribution in [0.1, 0.15) is 15.9 Å². The van der Waals surface area contributed by atoms with Crippen molar-refractivity contribution in [2.75, 3.05) is 0 Å². The lowest BCUT2D eigenvalue weighted by molar-refractivity contribution is 0.103. The van der Waals surface area contributed by atoms with Crippen molar-refractivity contribution >= 4 is 17.4 Å². The molecular formula is C12H5ClF3NO. The highest BCUT2D eigenvalue weighted by Crippen LogP contribution is 2.19. The fraction of sp³-hybridized carbons (Fsp3) is 0. The van der Waals surface area contributed by atoms with Crippen molar-refractivity contribution in [2.24, 2.45) is 0 Å². The van der Waals surface area contributed by atoms with E-state index >= 15 is 0 Å². The predicted molar refractivity (Wildman–Crippen MR) is 59.0 cm³/mol. The van der Waals surface area contributed by atoms with Crippen LogP contribution in [0.4, 0.5) is 13.2 Å². The summed E-state index contributed by atoms with van der Waals surface area (Å²) in [5, 5.41) is 0.113. The maximum absolute atomic E-state index is 13.5. The molecule has 0 aliphatic carbocycles. The van der Waals surface area contributed by atoms with E-state index in [0.717, 1.165) is 24.3 Å². The van der Waals surface area contributed by atoms with Gasteiger partial charge < -0.3 is 0 Å². The van der Waals surface area contributed by atoms with Crippen LogP contribution in [0.2, 0.25) is 5.02 Å². The smallest absolute Gasteiger partial charge is 0.226 e. The first-order valence-corrected chi connectivity index (χ1v) is 5.18. The SMILES string of the molecule is O=C(c1ccc(Cl)cc1F)c1ccc(F)nc1F. The van der Waals surface area contributed by atoms with E-state index in [1.54, 1.807) is 0 Å². The molecule has 0 atom stereocenters. The molecule has 2 rings (SSSR count). The van der Waals surface area contributed by atoms with Gasteiger partial charge in [-0.15, -0.1) is 0 Å². The van der Waals surface area contributed by atoms with E-state index in [1.165, 1.54) is 6.07 Å². The van der Waals surface area contributed by atoms with Gasteiger partial charge in [-0.2, -0.15) is 13.8 Å². The number of hydrogen-bond acceptors (Lipinski definition) is 2. The Labute approximate surface area is 105 Å². The number of rotatable bonds is 2. The molecule has 2 nitrogen and oxygen atoms in total. The van der Waals surface area contributed by atoms with Gasteiger partial charge in [-0.1, -0.05) is 11.6 Å². The summed E-state index contributed by atoms with van der Waals surface area (Å²) in [6.07, 6.45) is 0. The third-order valence-corrected chi connectivity index (χ3v) is 2.47. The van der Waals surface area contributed by atoms with Crippen LogP contribution in [0.3, 0.4) is 0 Å². The lowest BCUT2D eigenvalue weighted by Crippen LogP contribution is -2.08. The third kappa shape index (κ3) is 2.36. The molecule has 0 aliphatic heterocycles. The summed E-state index contributed by atoms with van der Waals surface area (Å²) in [5.41, 5.74) is -0.857. The van der Waals surface area contributed by atoms with Crippen LogP contribution >= 0.6 is 11.6 Å². The van der Waals surface area contributed by atoms with Gasteiger partial charge >= 0.3 is 0 Å². The molecule has 6 heteroatoms. The lowest BCUT2D eigenvalue weighted by atomic mass is 10.0. The first kappa shape index (κ1) is 12.6. The minimum absolute atomic E-state index is 0.113. The summed E-state index contributed by atoms with van der Waals surface area (Å²) >= 11 is 5.53. The van der Waals surface area contributed by atoms with Gasteiger partial charge in [0.15, 0.2) is 0 Å². The topological polar surface area (TPSA) is 30.0 Å². The molecule has 0 spiro atoms. The molecule has 0 amide bonds. The molecule has 2 aromatic rings. The van der Waals surface area contributed by atoms with Crippen molar-refractivity contribution in [3.8, 4) is 0 Å². The molecule has 1 aromatic heterocycles. The van der Waals surface area contributed by atoms with Gasteiger partial charge in [0.05, 0.1) is 11.1 Å². The van der Waals surface area contributed by atoms with Crippen LogP contribution in [-0.4, -0.2) is 10.8 Å². The summed E-state index contributed by atoms with van der Waals surface area (Å²) in [6.45, 7) is 0. The van der Waals surface area contributed by atoms with E-state index in [0.29, 0.717) is 0 Å². The molecule has 92 valence electrons. The number of carbonyl (C=O) groups excluding carboxylic acids is 1. The Balaban J connectivity index is 2.48. The Hall–Kier alpha value is -1.88. The molecule has 0 unspecified atom stereocenters. The van der Waals surface area contributed by atoms with Crippen LogP contribution < -0.4 is 0 Å². The maximum atomic E-state index is 13.5. The summed E-state index contributed by atoms with van der Waals surface area (Å²) in [5.74, 6) is -4.14. The van der Waals surface area contributed by atoms with Gasteiger partial charge in [-0.25, -0.2) is 4.39 Å². The molecule has 1 heterocycles. The number of aromatic nitrogens is 1. The molecular weight excluding hydrogens is 267 g/mol. The first-order valence-electron chi connectivity index (χ1n) is 4.81. The number of benzene rings is 1. The van der Waals surface area contributed by atoms with Crippen LogP contribution in [0.25, 0.3) is 0 Å². The average molecular weight is 272 g/mol. The second-order valence-electron chi connectivity index (χ2n) is 3.43. The number of ketones is 1. The summed E-state index contributed by atoms with van der Waals surface area (Å²) in [4.78, 5) is 14.7. The summed E-state index contributed by atoms with van der Waals surface area (Å²) in [7, 11) is 0. The second kappa shape index (κ2) is 4.78. The minimum Gasteiger partial charge on any atom is -0.288 e. The van der Waals surface area contributed by atoms with Crippen molar-refractivity contribution in [3.05, 3.63) is 64.2 Å².